The molecule has 1 aromatic heterocycles. The van der Waals surface area contributed by atoms with E-state index >= 15 is 0 Å². The van der Waals surface area contributed by atoms with Crippen molar-refractivity contribution in [1.82, 2.24) is 9.80 Å². The molecule has 6 nitrogen and oxygen atoms in total. The van der Waals surface area contributed by atoms with Gasteiger partial charge in [0.2, 0.25) is 5.91 Å². The number of carbonyl (C=O) groups is 2. The van der Waals surface area contributed by atoms with Crippen molar-refractivity contribution in [3.05, 3.63) is 81.8 Å². The van der Waals surface area contributed by atoms with Gasteiger partial charge in [0.15, 0.2) is 0 Å². The van der Waals surface area contributed by atoms with Crippen LogP contribution in [0.15, 0.2) is 60.0 Å². The van der Waals surface area contributed by atoms with Crippen molar-refractivity contribution in [2.45, 2.75) is 33.4 Å². The monoisotopic (exact) mass is 483 g/mol. The van der Waals surface area contributed by atoms with Crippen molar-refractivity contribution < 1.29 is 18.7 Å². The number of benzene rings is 2. The van der Waals surface area contributed by atoms with E-state index in [0.717, 1.165) is 16.0 Å². The minimum absolute atomic E-state index is 0.0541. The van der Waals surface area contributed by atoms with Gasteiger partial charge in [0, 0.05) is 23.7 Å². The van der Waals surface area contributed by atoms with Gasteiger partial charge in [-0.05, 0) is 72.3 Å². The number of hydrogen-bond donors (Lipinski definition) is 1. The highest BCUT2D eigenvalue weighted by atomic mass is 32.1. The van der Waals surface area contributed by atoms with Crippen molar-refractivity contribution in [3.63, 3.8) is 0 Å². The summed E-state index contributed by atoms with van der Waals surface area (Å²) in [5.74, 6) is 0.203. The van der Waals surface area contributed by atoms with E-state index in [0.29, 0.717) is 37.5 Å². The molecule has 1 heterocycles. The normalized spacial score (nSPS) is 10.6. The number of anilines is 1. The number of methoxy groups -OCH3 is 1. The number of rotatable bonds is 10. The first-order chi connectivity index (χ1) is 16.4. The second kappa shape index (κ2) is 12.2. The molecule has 0 saturated heterocycles. The predicted molar refractivity (Wildman–Crippen MR) is 134 cm³/mol. The number of urea groups is 1. The zero-order valence-corrected chi connectivity index (χ0v) is 20.5. The summed E-state index contributed by atoms with van der Waals surface area (Å²) in [6, 6.07) is 14.8. The predicted octanol–water partition coefficient (Wildman–Crippen LogP) is 5.68. The SMILES string of the molecule is CCCN(CC(=O)N(Cc1ccc(F)cc1)Cc1sccc1C)C(=O)Nc1ccc(OC)cc1. The summed E-state index contributed by atoms with van der Waals surface area (Å²) in [6.07, 6.45) is 0.714. The summed E-state index contributed by atoms with van der Waals surface area (Å²) in [4.78, 5) is 30.7. The summed E-state index contributed by atoms with van der Waals surface area (Å²) in [6.45, 7) is 5.12. The van der Waals surface area contributed by atoms with Crippen LogP contribution in [0.1, 0.15) is 29.3 Å². The van der Waals surface area contributed by atoms with Crippen LogP contribution in [-0.2, 0) is 17.9 Å². The van der Waals surface area contributed by atoms with Crippen LogP contribution in [0.2, 0.25) is 0 Å². The molecule has 0 unspecified atom stereocenters. The highest BCUT2D eigenvalue weighted by Crippen LogP contribution is 2.20. The largest absolute Gasteiger partial charge is 0.497 e. The third-order valence-electron chi connectivity index (χ3n) is 5.39. The van der Waals surface area contributed by atoms with Crippen molar-refractivity contribution in [2.75, 3.05) is 25.5 Å². The van der Waals surface area contributed by atoms with E-state index in [1.807, 2.05) is 25.3 Å². The van der Waals surface area contributed by atoms with E-state index in [1.165, 1.54) is 17.0 Å². The van der Waals surface area contributed by atoms with Gasteiger partial charge in [0.1, 0.15) is 18.1 Å². The van der Waals surface area contributed by atoms with Gasteiger partial charge in [0.25, 0.3) is 0 Å². The van der Waals surface area contributed by atoms with Crippen molar-refractivity contribution in [2.24, 2.45) is 0 Å². The lowest BCUT2D eigenvalue weighted by Gasteiger charge is -2.28. The van der Waals surface area contributed by atoms with Crippen molar-refractivity contribution in [3.8, 4) is 5.75 Å². The van der Waals surface area contributed by atoms with Gasteiger partial charge in [-0.2, -0.15) is 0 Å². The van der Waals surface area contributed by atoms with Gasteiger partial charge in [-0.15, -0.1) is 11.3 Å². The first-order valence-corrected chi connectivity index (χ1v) is 12.0. The zero-order chi connectivity index (χ0) is 24.5. The number of ether oxygens (including phenoxy) is 1. The maximum absolute atomic E-state index is 13.4. The van der Waals surface area contributed by atoms with Crippen LogP contribution in [0.25, 0.3) is 0 Å². The Hall–Kier alpha value is -3.39. The van der Waals surface area contributed by atoms with Crippen LogP contribution in [0.3, 0.4) is 0 Å². The summed E-state index contributed by atoms with van der Waals surface area (Å²) < 4.78 is 18.5. The van der Waals surface area contributed by atoms with Crippen LogP contribution in [0, 0.1) is 12.7 Å². The average molecular weight is 484 g/mol. The second-order valence-corrected chi connectivity index (χ2v) is 8.98. The molecule has 0 aliphatic heterocycles. The maximum Gasteiger partial charge on any atom is 0.322 e. The molecule has 3 rings (SSSR count). The molecule has 0 aliphatic carbocycles. The van der Waals surface area contributed by atoms with Gasteiger partial charge in [-0.1, -0.05) is 19.1 Å². The molecule has 3 amide bonds. The Morgan fingerprint density at radius 2 is 1.71 bits per heavy atom. The Bertz CT molecular complexity index is 1080. The maximum atomic E-state index is 13.4. The fraction of sp³-hybridized carbons (Fsp3) is 0.308. The molecule has 0 radical (unpaired) electrons. The molecule has 0 aliphatic rings. The van der Waals surface area contributed by atoms with Gasteiger partial charge < -0.3 is 19.9 Å². The molecule has 0 fully saturated rings. The quantitative estimate of drug-likeness (QED) is 0.404. The number of aryl methyl sites for hydroxylation is 1. The van der Waals surface area contributed by atoms with Crippen LogP contribution < -0.4 is 10.1 Å². The van der Waals surface area contributed by atoms with E-state index in [9.17, 15) is 14.0 Å². The molecule has 0 bridgehead atoms. The minimum atomic E-state index is -0.339. The lowest BCUT2D eigenvalue weighted by molar-refractivity contribution is -0.133. The van der Waals surface area contributed by atoms with Crippen LogP contribution in [0.4, 0.5) is 14.9 Å². The highest BCUT2D eigenvalue weighted by Gasteiger charge is 2.22. The van der Waals surface area contributed by atoms with E-state index in [-0.39, 0.29) is 24.3 Å². The Balaban J connectivity index is 1.74. The Morgan fingerprint density at radius 3 is 2.29 bits per heavy atom. The summed E-state index contributed by atoms with van der Waals surface area (Å²) >= 11 is 1.59. The molecular formula is C26H30FN3O3S. The molecule has 180 valence electrons. The Labute approximate surface area is 204 Å². The number of nitrogens with zero attached hydrogens (tertiary/aromatic N) is 2. The van der Waals surface area contributed by atoms with Crippen molar-refractivity contribution >= 4 is 29.0 Å². The molecule has 34 heavy (non-hydrogen) atoms. The molecule has 1 N–H and O–H groups in total. The second-order valence-electron chi connectivity index (χ2n) is 7.98. The number of nitrogens with one attached hydrogen (secondary N) is 1. The number of carbonyl (C=O) groups excluding carboxylic acids is 2. The lowest BCUT2D eigenvalue weighted by Crippen LogP contribution is -2.44. The Morgan fingerprint density at radius 1 is 1.00 bits per heavy atom. The lowest BCUT2D eigenvalue weighted by atomic mass is 10.2. The number of hydrogen-bond acceptors (Lipinski definition) is 4. The van der Waals surface area contributed by atoms with Gasteiger partial charge >= 0.3 is 6.03 Å². The average Bonchev–Trinajstić information content (AvgIpc) is 3.24. The van der Waals surface area contributed by atoms with Gasteiger partial charge in [-0.25, -0.2) is 9.18 Å². The summed E-state index contributed by atoms with van der Waals surface area (Å²) in [5.41, 5.74) is 2.56. The van der Waals surface area contributed by atoms with Crippen LogP contribution in [0.5, 0.6) is 5.75 Å². The molecular weight excluding hydrogens is 453 g/mol. The minimum Gasteiger partial charge on any atom is -0.497 e. The highest BCUT2D eigenvalue weighted by molar-refractivity contribution is 7.10. The number of thiophene rings is 1. The third kappa shape index (κ3) is 7.05. The number of halogens is 1. The molecule has 2 aromatic carbocycles. The topological polar surface area (TPSA) is 61.9 Å². The summed E-state index contributed by atoms with van der Waals surface area (Å²) in [7, 11) is 1.58. The fourth-order valence-electron chi connectivity index (χ4n) is 3.44. The van der Waals surface area contributed by atoms with Crippen LogP contribution >= 0.6 is 11.3 Å². The first-order valence-electron chi connectivity index (χ1n) is 11.1. The molecule has 0 atom stereocenters. The third-order valence-corrected chi connectivity index (χ3v) is 6.40. The molecule has 3 aromatic rings. The van der Waals surface area contributed by atoms with E-state index in [1.54, 1.807) is 59.7 Å². The molecule has 0 saturated carbocycles. The number of amides is 3. The van der Waals surface area contributed by atoms with Gasteiger partial charge in [-0.3, -0.25) is 4.79 Å². The molecule has 8 heteroatoms. The van der Waals surface area contributed by atoms with E-state index in [2.05, 4.69) is 5.32 Å². The first kappa shape index (κ1) is 25.2. The van der Waals surface area contributed by atoms with Crippen molar-refractivity contribution in [1.29, 1.82) is 0 Å². The molecule has 0 spiro atoms. The standard InChI is InChI=1S/C26H30FN3O3S/c1-4-14-29(26(32)28-22-9-11-23(33-3)12-10-22)18-25(31)30(17-24-19(2)13-15-34-24)16-20-5-7-21(27)8-6-20/h5-13,15H,4,14,16-18H2,1-3H3,(H,28,32). The van der Waals surface area contributed by atoms with E-state index in [4.69, 9.17) is 4.74 Å². The smallest absolute Gasteiger partial charge is 0.322 e. The zero-order valence-electron chi connectivity index (χ0n) is 19.7. The Kier molecular flexibility index (Phi) is 9.04. The fourth-order valence-corrected chi connectivity index (χ4v) is 4.37. The van der Waals surface area contributed by atoms with E-state index < -0.39 is 0 Å². The van der Waals surface area contributed by atoms with Gasteiger partial charge in [0.05, 0.1) is 13.7 Å². The van der Waals surface area contributed by atoms with Crippen LogP contribution in [-0.4, -0.2) is 41.9 Å². The summed E-state index contributed by atoms with van der Waals surface area (Å²) in [5, 5.41) is 4.85.